The molecular formula is C19H36N2Ti. The van der Waals surface area contributed by atoms with Crippen molar-refractivity contribution in [3.8, 4) is 0 Å². The third kappa shape index (κ3) is 117. The van der Waals surface area contributed by atoms with Crippen LogP contribution in [0.1, 0.15) is 41.0 Å². The molecule has 3 heteroatoms. The van der Waals surface area contributed by atoms with Crippen LogP contribution in [0.5, 0.6) is 0 Å². The van der Waals surface area contributed by atoms with Crippen molar-refractivity contribution < 1.29 is 21.7 Å². The average molecular weight is 340 g/mol. The first kappa shape index (κ1) is 33.3. The first-order valence-corrected chi connectivity index (χ1v) is 7.16. The maximum Gasteiger partial charge on any atom is 4.00 e. The van der Waals surface area contributed by atoms with Crippen LogP contribution in [0, 0.1) is 12.0 Å². The van der Waals surface area contributed by atoms with E-state index in [9.17, 15) is 0 Å². The molecule has 0 radical (unpaired) electrons. The Labute approximate surface area is 156 Å². The van der Waals surface area contributed by atoms with Crippen molar-refractivity contribution in [2.75, 3.05) is 28.2 Å². The molecule has 0 heterocycles. The minimum Gasteiger partial charge on any atom is -0.668 e. The van der Waals surface area contributed by atoms with Crippen molar-refractivity contribution in [3.05, 3.63) is 65.2 Å². The molecule has 0 spiro atoms. The third-order valence-corrected chi connectivity index (χ3v) is 1.08. The maximum atomic E-state index is 3.50. The largest absolute Gasteiger partial charge is 4.00 e. The summed E-state index contributed by atoms with van der Waals surface area (Å²) in [7, 11) is 7.00. The van der Waals surface area contributed by atoms with Crippen LogP contribution in [0.15, 0.2) is 42.5 Å². The van der Waals surface area contributed by atoms with Gasteiger partial charge in [-0.1, -0.05) is 24.3 Å². The second kappa shape index (κ2) is 42.8. The van der Waals surface area contributed by atoms with Crippen LogP contribution in [0.2, 0.25) is 0 Å². The topological polar surface area (TPSA) is 28.2 Å². The first-order valence-electron chi connectivity index (χ1n) is 7.16. The van der Waals surface area contributed by atoms with Gasteiger partial charge in [0, 0.05) is 0 Å². The van der Waals surface area contributed by atoms with Crippen molar-refractivity contribution in [2.24, 2.45) is 0 Å². The van der Waals surface area contributed by atoms with Gasteiger partial charge in [-0.3, -0.25) is 6.08 Å². The molecule has 0 aliphatic heterocycles. The van der Waals surface area contributed by atoms with E-state index >= 15 is 0 Å². The van der Waals surface area contributed by atoms with Crippen LogP contribution in [0.25, 0.3) is 10.6 Å². The molecule has 0 fully saturated rings. The van der Waals surface area contributed by atoms with E-state index in [1.54, 1.807) is 28.2 Å². The molecule has 126 valence electrons. The Morgan fingerprint density at radius 1 is 0.909 bits per heavy atom. The van der Waals surface area contributed by atoms with Gasteiger partial charge in [-0.2, -0.15) is 55.0 Å². The van der Waals surface area contributed by atoms with Crippen LogP contribution in [0.3, 0.4) is 0 Å². The molecule has 1 rings (SSSR count). The normalized spacial score (nSPS) is 10.5. The molecule has 0 saturated heterocycles. The average Bonchev–Trinajstić information content (AvgIpc) is 2.96. The second-order valence-corrected chi connectivity index (χ2v) is 4.45. The third-order valence-electron chi connectivity index (χ3n) is 1.08. The Morgan fingerprint density at radius 2 is 1.23 bits per heavy atom. The Balaban J connectivity index is -0.0000000557. The number of nitrogens with zero attached hydrogens (tertiary/aromatic N) is 2. The van der Waals surface area contributed by atoms with Crippen LogP contribution < -0.4 is 0 Å². The van der Waals surface area contributed by atoms with Crippen molar-refractivity contribution in [1.82, 2.24) is 0 Å². The Morgan fingerprint density at radius 3 is 1.32 bits per heavy atom. The van der Waals surface area contributed by atoms with Crippen molar-refractivity contribution in [1.29, 1.82) is 0 Å². The quantitative estimate of drug-likeness (QED) is 0.304. The summed E-state index contributed by atoms with van der Waals surface area (Å²) in [6.07, 6.45) is 18.0. The second-order valence-electron chi connectivity index (χ2n) is 4.45. The molecule has 1 aliphatic carbocycles. The van der Waals surface area contributed by atoms with Gasteiger partial charge in [0.2, 0.25) is 0 Å². The summed E-state index contributed by atoms with van der Waals surface area (Å²) in [5.74, 6) is 1.42. The van der Waals surface area contributed by atoms with Gasteiger partial charge in [-0.05, 0) is 13.8 Å². The van der Waals surface area contributed by atoms with Gasteiger partial charge in [0.15, 0.2) is 0 Å². The summed E-state index contributed by atoms with van der Waals surface area (Å²) in [5, 5.41) is 7.00. The van der Waals surface area contributed by atoms with Crippen molar-refractivity contribution >= 4 is 0 Å². The van der Waals surface area contributed by atoms with Gasteiger partial charge in [0.05, 0.1) is 0 Å². The van der Waals surface area contributed by atoms with E-state index in [0.717, 1.165) is 6.42 Å². The molecule has 22 heavy (non-hydrogen) atoms. The molecule has 0 bridgehead atoms. The van der Waals surface area contributed by atoms with Crippen LogP contribution in [0.4, 0.5) is 0 Å². The number of hydrogen-bond donors (Lipinski definition) is 0. The summed E-state index contributed by atoms with van der Waals surface area (Å²) in [4.78, 5) is 0. The summed E-state index contributed by atoms with van der Waals surface area (Å²) in [6.45, 7) is 10.3. The maximum absolute atomic E-state index is 3.50. The van der Waals surface area contributed by atoms with Gasteiger partial charge in [0.25, 0.3) is 0 Å². The monoisotopic (exact) mass is 340 g/mol. The molecule has 0 atom stereocenters. The summed E-state index contributed by atoms with van der Waals surface area (Å²) in [6, 6.07) is 0. The van der Waals surface area contributed by atoms with Gasteiger partial charge in [0.1, 0.15) is 0 Å². The predicted octanol–water partition coefficient (Wildman–Crippen LogP) is 6.30. The van der Waals surface area contributed by atoms with Crippen LogP contribution in [-0.2, 0) is 21.7 Å². The molecule has 0 aromatic rings. The fourth-order valence-electron chi connectivity index (χ4n) is 0.562. The molecule has 0 unspecified atom stereocenters. The molecule has 0 amide bonds. The first-order chi connectivity index (χ1) is 9.97. The fourth-order valence-corrected chi connectivity index (χ4v) is 0.562. The van der Waals surface area contributed by atoms with E-state index in [0.29, 0.717) is 0 Å². The molecular weight excluding hydrogens is 304 g/mol. The summed E-state index contributed by atoms with van der Waals surface area (Å²) >= 11 is 0. The summed E-state index contributed by atoms with van der Waals surface area (Å²) < 4.78 is 0. The molecule has 0 N–H and O–H groups in total. The fraction of sp³-hybridized carbons (Fsp3) is 0.526. The number of rotatable bonds is 1. The van der Waals surface area contributed by atoms with E-state index in [-0.39, 0.29) is 21.7 Å². The van der Waals surface area contributed by atoms with Gasteiger partial charge in [-0.25, -0.2) is 12.2 Å². The number of allylic oxidation sites excluding steroid dienone is 8. The Bertz CT molecular complexity index is 217. The van der Waals surface area contributed by atoms with E-state index in [2.05, 4.69) is 43.6 Å². The Kier molecular flexibility index (Phi) is 64.7. The molecule has 0 aromatic carbocycles. The summed E-state index contributed by atoms with van der Waals surface area (Å²) in [5.41, 5.74) is 0. The van der Waals surface area contributed by atoms with Crippen LogP contribution >= 0.6 is 0 Å². The molecule has 0 aromatic heterocycles. The van der Waals surface area contributed by atoms with E-state index in [4.69, 9.17) is 0 Å². The minimum atomic E-state index is 0. The standard InChI is InChI=1S/C6H10.C5H5.C4H9.2C2H6N.Ti/c1-3-5-6-4-2;1-2-4-5-3-1;1-4(2)3;2*1-3-2;/h3-6H,1-2H3;1-3H,4H2;1-3H3;2*1-2H3;/q;4*-1;+4. The number of hydrogen-bond acceptors (Lipinski definition) is 0. The van der Waals surface area contributed by atoms with Crippen molar-refractivity contribution in [2.45, 2.75) is 41.0 Å². The van der Waals surface area contributed by atoms with E-state index in [1.807, 2.05) is 50.3 Å². The molecule has 2 nitrogen and oxygen atoms in total. The van der Waals surface area contributed by atoms with Crippen molar-refractivity contribution in [3.63, 3.8) is 0 Å². The smallest absolute Gasteiger partial charge is 0.668 e. The van der Waals surface area contributed by atoms with E-state index in [1.165, 1.54) is 5.92 Å². The van der Waals surface area contributed by atoms with Gasteiger partial charge >= 0.3 is 21.7 Å². The van der Waals surface area contributed by atoms with Gasteiger partial charge in [-0.15, -0.1) is 6.42 Å². The zero-order valence-electron chi connectivity index (χ0n) is 16.1. The van der Waals surface area contributed by atoms with Crippen LogP contribution in [-0.4, -0.2) is 28.2 Å². The minimum absolute atomic E-state index is 0. The SMILES string of the molecule is CC=CC=CC.C[C-](C)C.C[N-]C.C[N-]C.[C-]1=CC=CC1.[Ti+4]. The van der Waals surface area contributed by atoms with Gasteiger partial charge < -0.3 is 16.6 Å². The molecule has 1 aliphatic rings. The predicted molar refractivity (Wildman–Crippen MR) is 102 cm³/mol. The Hall–Kier alpha value is -0.406. The van der Waals surface area contributed by atoms with E-state index < -0.39 is 0 Å². The molecule has 0 saturated carbocycles. The zero-order chi connectivity index (χ0) is 17.4. The zero-order valence-corrected chi connectivity index (χ0v) is 17.7.